The predicted octanol–water partition coefficient (Wildman–Crippen LogP) is 12.6. The number of rotatable bonds is 2. The Balaban J connectivity index is 0.00000106. The normalized spacial score (nSPS) is 11.5. The molecule has 0 saturated heterocycles. The van der Waals surface area contributed by atoms with E-state index in [1.807, 2.05) is 27.7 Å². The van der Waals surface area contributed by atoms with Gasteiger partial charge in [0.2, 0.25) is 0 Å². The Morgan fingerprint density at radius 2 is 0.675 bits per heavy atom. The van der Waals surface area contributed by atoms with Crippen LogP contribution < -0.4 is 0 Å². The van der Waals surface area contributed by atoms with Gasteiger partial charge >= 0.3 is 0 Å². The predicted molar refractivity (Wildman–Crippen MR) is 182 cm³/mol. The molecule has 5 aromatic rings. The third-order valence-corrected chi connectivity index (χ3v) is 7.53. The second-order valence-corrected chi connectivity index (χ2v) is 12.5. The number of benzene rings is 5. The van der Waals surface area contributed by atoms with Gasteiger partial charge < -0.3 is 0 Å². The molecule has 0 aliphatic heterocycles. The molecular weight excluding hydrogens is 480 g/mol. The lowest BCUT2D eigenvalue weighted by atomic mass is 9.79. The molecule has 0 radical (unpaired) electrons. The lowest BCUT2D eigenvalue weighted by Gasteiger charge is -2.25. The minimum absolute atomic E-state index is 0.0772. The fraction of sp³-hybridized carbons (Fsp3) is 0.350. The first-order valence-electron chi connectivity index (χ1n) is 15.1. The summed E-state index contributed by atoms with van der Waals surface area (Å²) in [6.07, 6.45) is 0. The third kappa shape index (κ3) is 6.33. The van der Waals surface area contributed by atoms with Crippen molar-refractivity contribution >= 4 is 21.5 Å². The first-order chi connectivity index (χ1) is 18.9. The molecule has 210 valence electrons. The quantitative estimate of drug-likeness (QED) is 0.199. The minimum Gasteiger partial charge on any atom is -0.0683 e. The molecule has 0 aromatic heterocycles. The summed E-state index contributed by atoms with van der Waals surface area (Å²) >= 11 is 0. The van der Waals surface area contributed by atoms with Crippen LogP contribution in [0.5, 0.6) is 0 Å². The molecule has 40 heavy (non-hydrogen) atoms. The van der Waals surface area contributed by atoms with E-state index in [2.05, 4.69) is 140 Å². The van der Waals surface area contributed by atoms with Crippen LogP contribution in [0.15, 0.2) is 84.9 Å². The van der Waals surface area contributed by atoms with Crippen LogP contribution in [-0.4, -0.2) is 0 Å². The number of aryl methyl sites for hydroxylation is 2. The van der Waals surface area contributed by atoms with E-state index in [4.69, 9.17) is 0 Å². The third-order valence-electron chi connectivity index (χ3n) is 7.53. The largest absolute Gasteiger partial charge is 0.0683 e. The molecular formula is C40H50. The SMILES string of the molecule is CC.CC.Cc1ccc(-c2c3ccc(C(C)(C)C)cc3c(-c3ccc(C)cc3)c3ccc(C(C)(C)C)cc23)cc1. The summed E-state index contributed by atoms with van der Waals surface area (Å²) in [5.41, 5.74) is 10.7. The standard InChI is InChI=1S/C36H38.2C2H6/c1-23-9-13-25(14-10-23)33-29-19-17-28(36(6,7)8)22-32(29)34(26-15-11-24(2)12-16-26)30-20-18-27(21-31(30)33)35(3,4)5;2*1-2/h9-22H,1-8H3;2*1-2H3. The molecule has 0 atom stereocenters. The van der Waals surface area contributed by atoms with Crippen molar-refractivity contribution in [3.63, 3.8) is 0 Å². The number of fused-ring (bicyclic) bond motifs is 2. The Morgan fingerprint density at radius 1 is 0.375 bits per heavy atom. The molecule has 0 aliphatic rings. The van der Waals surface area contributed by atoms with Crippen molar-refractivity contribution in [2.75, 3.05) is 0 Å². The molecule has 0 N–H and O–H groups in total. The van der Waals surface area contributed by atoms with E-state index in [9.17, 15) is 0 Å². The Kier molecular flexibility index (Phi) is 9.68. The van der Waals surface area contributed by atoms with Gasteiger partial charge in [-0.1, -0.05) is 153 Å². The van der Waals surface area contributed by atoms with Gasteiger partial charge in [-0.25, -0.2) is 0 Å². The summed E-state index contributed by atoms with van der Waals surface area (Å²) < 4.78 is 0. The molecule has 0 amide bonds. The van der Waals surface area contributed by atoms with Crippen molar-refractivity contribution in [1.29, 1.82) is 0 Å². The summed E-state index contributed by atoms with van der Waals surface area (Å²) in [5, 5.41) is 5.30. The maximum Gasteiger partial charge on any atom is -0.00263 e. The van der Waals surface area contributed by atoms with Crippen LogP contribution in [-0.2, 0) is 10.8 Å². The van der Waals surface area contributed by atoms with Crippen LogP contribution >= 0.6 is 0 Å². The van der Waals surface area contributed by atoms with Crippen LogP contribution in [0.4, 0.5) is 0 Å². The van der Waals surface area contributed by atoms with Gasteiger partial charge in [-0.05, 0) is 91.7 Å². The smallest absolute Gasteiger partial charge is 0.00263 e. The molecule has 0 aliphatic carbocycles. The zero-order valence-electron chi connectivity index (χ0n) is 27.1. The van der Waals surface area contributed by atoms with E-state index in [1.54, 1.807) is 0 Å². The van der Waals surface area contributed by atoms with Gasteiger partial charge in [0, 0.05) is 0 Å². The zero-order valence-corrected chi connectivity index (χ0v) is 27.1. The fourth-order valence-electron chi connectivity index (χ4n) is 5.22. The summed E-state index contributed by atoms with van der Waals surface area (Å²) in [5.74, 6) is 0. The molecule has 5 aromatic carbocycles. The van der Waals surface area contributed by atoms with Crippen molar-refractivity contribution in [3.05, 3.63) is 107 Å². The fourth-order valence-corrected chi connectivity index (χ4v) is 5.22. The van der Waals surface area contributed by atoms with E-state index in [0.717, 1.165) is 0 Å². The highest BCUT2D eigenvalue weighted by Gasteiger charge is 2.22. The van der Waals surface area contributed by atoms with E-state index >= 15 is 0 Å². The van der Waals surface area contributed by atoms with E-state index in [0.29, 0.717) is 0 Å². The topological polar surface area (TPSA) is 0 Å². The number of hydrogen-bond acceptors (Lipinski definition) is 0. The summed E-state index contributed by atoms with van der Waals surface area (Å²) in [6.45, 7) is 26.1. The molecule has 0 bridgehead atoms. The molecule has 0 fully saturated rings. The van der Waals surface area contributed by atoms with Crippen LogP contribution in [0.2, 0.25) is 0 Å². The molecule has 0 saturated carbocycles. The van der Waals surface area contributed by atoms with Gasteiger partial charge in [0.15, 0.2) is 0 Å². The number of hydrogen-bond donors (Lipinski definition) is 0. The maximum atomic E-state index is 2.44. The van der Waals surface area contributed by atoms with Crippen LogP contribution in [0.25, 0.3) is 43.8 Å². The average Bonchev–Trinajstić information content (AvgIpc) is 2.93. The molecule has 0 heterocycles. The van der Waals surface area contributed by atoms with E-state index in [1.165, 1.54) is 66.1 Å². The van der Waals surface area contributed by atoms with Gasteiger partial charge in [0.1, 0.15) is 0 Å². The Labute approximate surface area is 244 Å². The highest BCUT2D eigenvalue weighted by atomic mass is 14.3. The van der Waals surface area contributed by atoms with Crippen molar-refractivity contribution in [3.8, 4) is 22.3 Å². The van der Waals surface area contributed by atoms with E-state index in [-0.39, 0.29) is 10.8 Å². The van der Waals surface area contributed by atoms with Gasteiger partial charge in [0.05, 0.1) is 0 Å². The van der Waals surface area contributed by atoms with Crippen LogP contribution in [0, 0.1) is 13.8 Å². The van der Waals surface area contributed by atoms with Crippen LogP contribution in [0.3, 0.4) is 0 Å². The van der Waals surface area contributed by atoms with Gasteiger partial charge in [-0.3, -0.25) is 0 Å². The first-order valence-corrected chi connectivity index (χ1v) is 15.1. The van der Waals surface area contributed by atoms with Crippen molar-refractivity contribution in [1.82, 2.24) is 0 Å². The highest BCUT2D eigenvalue weighted by molar-refractivity contribution is 6.21. The second-order valence-electron chi connectivity index (χ2n) is 12.5. The molecule has 0 heteroatoms. The first kappa shape index (κ1) is 31.2. The summed E-state index contributed by atoms with van der Waals surface area (Å²) in [4.78, 5) is 0. The molecule has 0 unspecified atom stereocenters. The van der Waals surface area contributed by atoms with Crippen LogP contribution in [0.1, 0.15) is 91.5 Å². The monoisotopic (exact) mass is 530 g/mol. The summed E-state index contributed by atoms with van der Waals surface area (Å²) in [6, 6.07) is 32.4. The minimum atomic E-state index is 0.0772. The van der Waals surface area contributed by atoms with E-state index < -0.39 is 0 Å². The Morgan fingerprint density at radius 3 is 0.950 bits per heavy atom. The zero-order chi connectivity index (χ0) is 29.8. The van der Waals surface area contributed by atoms with Gasteiger partial charge in [-0.2, -0.15) is 0 Å². The van der Waals surface area contributed by atoms with Crippen molar-refractivity contribution in [2.45, 2.75) is 93.9 Å². The lowest BCUT2D eigenvalue weighted by molar-refractivity contribution is 0.590. The van der Waals surface area contributed by atoms with Gasteiger partial charge in [0.25, 0.3) is 0 Å². The van der Waals surface area contributed by atoms with Gasteiger partial charge in [-0.15, -0.1) is 0 Å². The van der Waals surface area contributed by atoms with Crippen molar-refractivity contribution in [2.24, 2.45) is 0 Å². The Bertz CT molecular complexity index is 1440. The highest BCUT2D eigenvalue weighted by Crippen LogP contribution is 2.46. The van der Waals surface area contributed by atoms with Crippen molar-refractivity contribution < 1.29 is 0 Å². The molecule has 5 rings (SSSR count). The molecule has 0 spiro atoms. The maximum absolute atomic E-state index is 2.44. The molecule has 0 nitrogen and oxygen atoms in total. The average molecular weight is 531 g/mol. The summed E-state index contributed by atoms with van der Waals surface area (Å²) in [7, 11) is 0. The lowest BCUT2D eigenvalue weighted by Crippen LogP contribution is -2.11. The second kappa shape index (κ2) is 12.4. The Hall–Kier alpha value is -3.38.